The normalized spacial score (nSPS) is 13.2. The van der Waals surface area contributed by atoms with E-state index in [-0.39, 0.29) is 31.1 Å². The Kier molecular flexibility index (Phi) is 64.4. The SMILES string of the molecule is CC/C=C\C/C=C\C/C=C\C/C=C\C/C=C\C/C=C\C/C=C\C/C=C\C/C=C\CCCCCCCC(=O)OCC(COC(=O)CCCCCCCCCC)OC(=O)CCCCCCCCCCCC/C=C\C/C=C\C/C=C\C/C=C\CC. The number of hydrogen-bond acceptors (Lipinski definition) is 6. The summed E-state index contributed by atoms with van der Waals surface area (Å²) in [5.41, 5.74) is 0. The van der Waals surface area contributed by atoms with Crippen molar-refractivity contribution < 1.29 is 28.6 Å². The molecule has 0 saturated heterocycles. The molecule has 0 spiro atoms. The van der Waals surface area contributed by atoms with E-state index in [0.29, 0.717) is 19.3 Å². The first-order chi connectivity index (χ1) is 40.5. The summed E-state index contributed by atoms with van der Waals surface area (Å²) in [5, 5.41) is 0. The Morgan fingerprint density at radius 2 is 0.476 bits per heavy atom. The van der Waals surface area contributed by atoms with Crippen molar-refractivity contribution in [2.45, 2.75) is 290 Å². The van der Waals surface area contributed by atoms with Gasteiger partial charge in [-0.25, -0.2) is 0 Å². The third kappa shape index (κ3) is 65.8. The molecule has 462 valence electrons. The molecule has 0 fully saturated rings. The van der Waals surface area contributed by atoms with Gasteiger partial charge in [-0.05, 0) is 128 Å². The molecule has 6 nitrogen and oxygen atoms in total. The Morgan fingerprint density at radius 3 is 0.744 bits per heavy atom. The molecule has 0 amide bonds. The summed E-state index contributed by atoms with van der Waals surface area (Å²) in [6.07, 6.45) is 99.8. The van der Waals surface area contributed by atoms with E-state index in [4.69, 9.17) is 14.2 Å². The minimum Gasteiger partial charge on any atom is -0.462 e. The van der Waals surface area contributed by atoms with Crippen LogP contribution in [0.3, 0.4) is 0 Å². The zero-order valence-electron chi connectivity index (χ0n) is 52.9. The van der Waals surface area contributed by atoms with Gasteiger partial charge in [-0.15, -0.1) is 0 Å². The molecule has 0 saturated carbocycles. The summed E-state index contributed by atoms with van der Waals surface area (Å²) in [6.45, 7) is 6.37. The molecule has 0 aromatic heterocycles. The minimum absolute atomic E-state index is 0.0896. The van der Waals surface area contributed by atoms with E-state index in [1.54, 1.807) is 0 Å². The van der Waals surface area contributed by atoms with Crippen LogP contribution in [0, 0.1) is 0 Å². The van der Waals surface area contributed by atoms with Crippen LogP contribution < -0.4 is 0 Å². The molecular formula is C76H122O6. The van der Waals surface area contributed by atoms with Crippen LogP contribution in [-0.4, -0.2) is 37.2 Å². The van der Waals surface area contributed by atoms with Crippen molar-refractivity contribution in [2.75, 3.05) is 13.2 Å². The third-order valence-electron chi connectivity index (χ3n) is 13.8. The van der Waals surface area contributed by atoms with Gasteiger partial charge in [-0.2, -0.15) is 0 Å². The van der Waals surface area contributed by atoms with Crippen LogP contribution in [0.15, 0.2) is 158 Å². The monoisotopic (exact) mass is 1130 g/mol. The van der Waals surface area contributed by atoms with E-state index in [0.717, 1.165) is 161 Å². The van der Waals surface area contributed by atoms with Gasteiger partial charge in [0.15, 0.2) is 6.10 Å². The molecule has 0 rings (SSSR count). The largest absolute Gasteiger partial charge is 0.462 e. The first-order valence-electron chi connectivity index (χ1n) is 33.5. The Hall–Kier alpha value is -4.97. The summed E-state index contributed by atoms with van der Waals surface area (Å²) in [5.74, 6) is -0.919. The number of esters is 3. The predicted octanol–water partition coefficient (Wildman–Crippen LogP) is 23.3. The van der Waals surface area contributed by atoms with Crippen LogP contribution in [0.25, 0.3) is 0 Å². The number of allylic oxidation sites excluding steroid dienone is 26. The van der Waals surface area contributed by atoms with Crippen molar-refractivity contribution in [3.05, 3.63) is 158 Å². The Bertz CT molecular complexity index is 1830. The zero-order valence-corrected chi connectivity index (χ0v) is 52.9. The molecule has 0 aromatic carbocycles. The maximum Gasteiger partial charge on any atom is 0.306 e. The second-order valence-corrected chi connectivity index (χ2v) is 21.6. The summed E-state index contributed by atoms with van der Waals surface area (Å²) in [7, 11) is 0. The third-order valence-corrected chi connectivity index (χ3v) is 13.8. The van der Waals surface area contributed by atoms with Crippen molar-refractivity contribution in [3.8, 4) is 0 Å². The van der Waals surface area contributed by atoms with Crippen LogP contribution in [0.1, 0.15) is 284 Å². The van der Waals surface area contributed by atoms with Gasteiger partial charge in [0.25, 0.3) is 0 Å². The smallest absolute Gasteiger partial charge is 0.306 e. The molecule has 0 N–H and O–H groups in total. The minimum atomic E-state index is -0.794. The average molecular weight is 1130 g/mol. The average Bonchev–Trinajstić information content (AvgIpc) is 3.47. The van der Waals surface area contributed by atoms with Gasteiger partial charge in [-0.3, -0.25) is 14.4 Å². The van der Waals surface area contributed by atoms with E-state index in [9.17, 15) is 14.4 Å². The highest BCUT2D eigenvalue weighted by molar-refractivity contribution is 5.71. The van der Waals surface area contributed by atoms with Gasteiger partial charge in [0.2, 0.25) is 0 Å². The topological polar surface area (TPSA) is 78.9 Å². The second kappa shape index (κ2) is 68.5. The fraction of sp³-hybridized carbons (Fsp3) is 0.618. The van der Waals surface area contributed by atoms with Gasteiger partial charge >= 0.3 is 17.9 Å². The van der Waals surface area contributed by atoms with E-state index in [2.05, 4.69) is 179 Å². The molecule has 1 atom stereocenters. The number of carbonyl (C=O) groups excluding carboxylic acids is 3. The molecule has 0 radical (unpaired) electrons. The fourth-order valence-corrected chi connectivity index (χ4v) is 8.84. The van der Waals surface area contributed by atoms with Crippen molar-refractivity contribution in [1.82, 2.24) is 0 Å². The van der Waals surface area contributed by atoms with E-state index in [1.807, 2.05) is 0 Å². The maximum absolute atomic E-state index is 12.9. The highest BCUT2D eigenvalue weighted by atomic mass is 16.6. The number of carbonyl (C=O) groups is 3. The summed E-state index contributed by atoms with van der Waals surface area (Å²) in [4.78, 5) is 38.2. The van der Waals surface area contributed by atoms with Gasteiger partial charge in [0.1, 0.15) is 13.2 Å². The van der Waals surface area contributed by atoms with Crippen LogP contribution in [0.5, 0.6) is 0 Å². The van der Waals surface area contributed by atoms with Crippen molar-refractivity contribution in [1.29, 1.82) is 0 Å². The van der Waals surface area contributed by atoms with E-state index in [1.165, 1.54) is 83.5 Å². The molecule has 0 aliphatic carbocycles. The van der Waals surface area contributed by atoms with Crippen molar-refractivity contribution in [2.24, 2.45) is 0 Å². The van der Waals surface area contributed by atoms with Crippen molar-refractivity contribution in [3.63, 3.8) is 0 Å². The summed E-state index contributed by atoms with van der Waals surface area (Å²) >= 11 is 0. The quantitative estimate of drug-likeness (QED) is 0.0261. The first-order valence-corrected chi connectivity index (χ1v) is 33.5. The maximum atomic E-state index is 12.9. The fourth-order valence-electron chi connectivity index (χ4n) is 8.84. The molecule has 82 heavy (non-hydrogen) atoms. The lowest BCUT2D eigenvalue weighted by Crippen LogP contribution is -2.30. The van der Waals surface area contributed by atoms with Gasteiger partial charge < -0.3 is 14.2 Å². The Labute approximate surface area is 505 Å². The van der Waals surface area contributed by atoms with Crippen LogP contribution in [0.4, 0.5) is 0 Å². The Morgan fingerprint density at radius 1 is 0.256 bits per heavy atom. The zero-order chi connectivity index (χ0) is 59.2. The lowest BCUT2D eigenvalue weighted by Gasteiger charge is -2.18. The number of unbranched alkanes of at least 4 members (excludes halogenated alkanes) is 22. The summed E-state index contributed by atoms with van der Waals surface area (Å²) < 4.78 is 16.9. The molecule has 0 aliphatic heterocycles. The lowest BCUT2D eigenvalue weighted by atomic mass is 10.0. The molecule has 0 aromatic rings. The Balaban J connectivity index is 4.24. The second-order valence-electron chi connectivity index (χ2n) is 21.6. The molecule has 0 heterocycles. The van der Waals surface area contributed by atoms with Crippen LogP contribution in [-0.2, 0) is 28.6 Å². The number of rotatable bonds is 59. The number of hydrogen-bond donors (Lipinski definition) is 0. The van der Waals surface area contributed by atoms with Crippen LogP contribution >= 0.6 is 0 Å². The lowest BCUT2D eigenvalue weighted by molar-refractivity contribution is -0.167. The van der Waals surface area contributed by atoms with Crippen molar-refractivity contribution >= 4 is 17.9 Å². The molecule has 0 aliphatic rings. The molecule has 6 heteroatoms. The van der Waals surface area contributed by atoms with E-state index >= 15 is 0 Å². The van der Waals surface area contributed by atoms with Gasteiger partial charge in [0, 0.05) is 19.3 Å². The summed E-state index contributed by atoms with van der Waals surface area (Å²) in [6, 6.07) is 0. The number of ether oxygens (including phenoxy) is 3. The highest BCUT2D eigenvalue weighted by Gasteiger charge is 2.19. The standard InChI is InChI=1S/C76H122O6/c1-4-7-10-13-16-19-21-23-25-27-29-31-33-34-35-36-37-38-39-40-41-42-44-45-47-49-51-53-55-57-60-63-66-69-75(78)81-72-73(71-80-74(77)68-65-62-59-18-15-12-9-6-3)82-76(79)70-67-64-61-58-56-54-52-50-48-46-43-32-30-28-26-24-22-20-17-14-11-8-5-2/h7-8,10-11,16-17,19-20,23-26,29-32,34-35,37-38,40-41,44-45,49,51,73H,4-6,9,12-15,18,21-22,27-28,33,36,39,42-43,46-48,50,52-72H2,1-3H3/b10-7-,11-8-,19-16-,20-17-,25-23-,26-24-,31-29-,32-30-,35-34-,38-37-,41-40-,45-44-,51-49-. The van der Waals surface area contributed by atoms with Crippen LogP contribution in [0.2, 0.25) is 0 Å². The first kappa shape index (κ1) is 77.0. The highest BCUT2D eigenvalue weighted by Crippen LogP contribution is 2.15. The van der Waals surface area contributed by atoms with Gasteiger partial charge in [0.05, 0.1) is 0 Å². The molecule has 0 bridgehead atoms. The van der Waals surface area contributed by atoms with E-state index < -0.39 is 6.10 Å². The predicted molar refractivity (Wildman–Crippen MR) is 357 cm³/mol. The molecule has 1 unspecified atom stereocenters. The molecular weight excluding hydrogens is 1010 g/mol. The van der Waals surface area contributed by atoms with Gasteiger partial charge in [-0.1, -0.05) is 294 Å².